The van der Waals surface area contributed by atoms with Crippen molar-refractivity contribution in [2.24, 2.45) is 10.8 Å². The summed E-state index contributed by atoms with van der Waals surface area (Å²) in [5, 5.41) is 0.0149. The number of nitrogens with zero attached hydrogens (tertiary/aromatic N) is 1. The summed E-state index contributed by atoms with van der Waals surface area (Å²) in [6.07, 6.45) is -2.11. The fourth-order valence-electron chi connectivity index (χ4n) is 4.44. The van der Waals surface area contributed by atoms with Crippen molar-refractivity contribution in [3.8, 4) is 0 Å². The van der Waals surface area contributed by atoms with E-state index >= 15 is 4.39 Å². The van der Waals surface area contributed by atoms with E-state index in [0.717, 1.165) is 40.4 Å². The quantitative estimate of drug-likeness (QED) is 0.145. The third-order valence-electron chi connectivity index (χ3n) is 7.04. The van der Waals surface area contributed by atoms with Crippen LogP contribution in [-0.2, 0) is 56.1 Å². The maximum absolute atomic E-state index is 16.7. The molecule has 0 aromatic carbocycles. The minimum Gasteiger partial charge on any atom is -0.378 e. The number of alkyl halides is 1. The highest BCUT2D eigenvalue weighted by Gasteiger charge is 2.71. The van der Waals surface area contributed by atoms with Crippen LogP contribution in [0.2, 0.25) is 0 Å². The molecule has 0 N–H and O–H groups in total. The first-order chi connectivity index (χ1) is 23.2. The lowest BCUT2D eigenvalue weighted by Gasteiger charge is -2.27. The van der Waals surface area contributed by atoms with Crippen molar-refractivity contribution in [3.05, 3.63) is 33.2 Å². The Bertz CT molecular complexity index is 1420. The monoisotopic (exact) mass is 775 g/mol. The van der Waals surface area contributed by atoms with Crippen molar-refractivity contribution >= 4 is 41.6 Å². The predicted molar refractivity (Wildman–Crippen MR) is 179 cm³/mol. The number of fused-ring (bicyclic) bond motifs is 1. The van der Waals surface area contributed by atoms with E-state index in [1.807, 2.05) is 41.5 Å². The molecule has 3 heterocycles. The van der Waals surface area contributed by atoms with Crippen molar-refractivity contribution in [2.75, 3.05) is 64.9 Å². The van der Waals surface area contributed by atoms with Crippen LogP contribution in [0.4, 0.5) is 4.39 Å². The van der Waals surface area contributed by atoms with E-state index < -0.39 is 66.9 Å². The standard InChI is InChI=1S/C30H47FNO15PS2/c1-27(2,3)23(34)49-17-15-39-11-13-41-48(37,42-14-12-40-16-18-50-24(35)28(4,5)6)43-19-30(31)21-29(7,47-26(38-8)45-21)22(46-30)32-10-9-20(33)44-25(32)36/h9-10,21-22,26H,11-19H2,1-8H3/t21-,22+,26?,29+,30+/m0/s1. The van der Waals surface area contributed by atoms with E-state index in [9.17, 15) is 23.7 Å². The van der Waals surface area contributed by atoms with Crippen LogP contribution in [0, 0.1) is 10.8 Å². The molecule has 50 heavy (non-hydrogen) atoms. The molecule has 1 aromatic rings. The van der Waals surface area contributed by atoms with Crippen molar-refractivity contribution in [1.82, 2.24) is 4.57 Å². The Kier molecular flexibility index (Phi) is 15.5. The average Bonchev–Trinajstić information content (AvgIpc) is 3.48. The third-order valence-corrected chi connectivity index (χ3v) is 11.0. The molecule has 0 bridgehead atoms. The van der Waals surface area contributed by atoms with Gasteiger partial charge in [0.05, 0.1) is 39.6 Å². The summed E-state index contributed by atoms with van der Waals surface area (Å²) < 4.78 is 85.1. The average molecular weight is 776 g/mol. The molecule has 0 aliphatic carbocycles. The summed E-state index contributed by atoms with van der Waals surface area (Å²) in [6.45, 7) is 9.48. The largest absolute Gasteiger partial charge is 0.475 e. The second-order valence-corrected chi connectivity index (χ2v) is 17.2. The van der Waals surface area contributed by atoms with Gasteiger partial charge in [0.15, 0.2) is 22.6 Å². The van der Waals surface area contributed by atoms with Crippen LogP contribution in [0.1, 0.15) is 54.7 Å². The molecule has 0 spiro atoms. The number of hydrogen-bond acceptors (Lipinski definition) is 17. The Morgan fingerprint density at radius 2 is 1.44 bits per heavy atom. The number of phosphoric acid groups is 1. The van der Waals surface area contributed by atoms with Gasteiger partial charge in [-0.3, -0.25) is 27.7 Å². The molecule has 0 radical (unpaired) electrons. The zero-order chi connectivity index (χ0) is 37.4. The van der Waals surface area contributed by atoms with Gasteiger partial charge in [0.1, 0.15) is 12.2 Å². The van der Waals surface area contributed by atoms with Gasteiger partial charge in [0.25, 0.3) is 12.3 Å². The first kappa shape index (κ1) is 42.9. The predicted octanol–water partition coefficient (Wildman–Crippen LogP) is 3.90. The molecule has 5 atom stereocenters. The molecule has 2 aliphatic heterocycles. The smallest absolute Gasteiger partial charge is 0.378 e. The van der Waals surface area contributed by atoms with Crippen LogP contribution >= 0.6 is 31.3 Å². The summed E-state index contributed by atoms with van der Waals surface area (Å²) >= 11 is 2.25. The number of ether oxygens (including phenoxy) is 6. The van der Waals surface area contributed by atoms with Gasteiger partial charge < -0.3 is 32.8 Å². The molecular formula is C30H47FNO15PS2. The number of methoxy groups -OCH3 is 1. The Morgan fingerprint density at radius 3 is 1.92 bits per heavy atom. The summed E-state index contributed by atoms with van der Waals surface area (Å²) in [6, 6.07) is 0.934. The third kappa shape index (κ3) is 11.8. The second kappa shape index (κ2) is 18.0. The van der Waals surface area contributed by atoms with E-state index in [2.05, 4.69) is 4.42 Å². The van der Waals surface area contributed by atoms with Crippen LogP contribution in [0.25, 0.3) is 0 Å². The molecule has 2 aliphatic rings. The Hall–Kier alpha value is -1.48. The number of carbonyl (C=O) groups excluding carboxylic acids is 2. The van der Waals surface area contributed by atoms with Gasteiger partial charge in [0.2, 0.25) is 0 Å². The molecule has 0 saturated carbocycles. The van der Waals surface area contributed by atoms with Crippen LogP contribution in [0.5, 0.6) is 0 Å². The van der Waals surface area contributed by atoms with E-state index in [1.165, 1.54) is 14.0 Å². The summed E-state index contributed by atoms with van der Waals surface area (Å²) in [5.41, 5.74) is -3.66. The van der Waals surface area contributed by atoms with Crippen molar-refractivity contribution < 1.29 is 65.0 Å². The molecule has 0 amide bonds. The molecule has 2 fully saturated rings. The fraction of sp³-hybridized carbons (Fsp3) is 0.800. The molecule has 20 heteroatoms. The zero-order valence-corrected chi connectivity index (χ0v) is 32.0. The molecular weight excluding hydrogens is 728 g/mol. The van der Waals surface area contributed by atoms with Crippen LogP contribution in [-0.4, -0.2) is 104 Å². The first-order valence-electron chi connectivity index (χ1n) is 15.7. The van der Waals surface area contributed by atoms with Crippen LogP contribution in [0.3, 0.4) is 0 Å². The number of phosphoric ester groups is 1. The van der Waals surface area contributed by atoms with Gasteiger partial charge in [-0.2, -0.15) is 0 Å². The van der Waals surface area contributed by atoms with Gasteiger partial charge in [-0.05, 0) is 6.92 Å². The lowest BCUT2D eigenvalue weighted by atomic mass is 9.95. The van der Waals surface area contributed by atoms with Crippen molar-refractivity contribution in [2.45, 2.75) is 78.7 Å². The molecule has 2 saturated heterocycles. The summed E-state index contributed by atoms with van der Waals surface area (Å²) in [7, 11) is -3.30. The molecule has 1 aromatic heterocycles. The normalized spacial score (nSPS) is 25.6. The Balaban J connectivity index is 1.65. The molecule has 3 rings (SSSR count). The molecule has 286 valence electrons. The first-order valence-corrected chi connectivity index (χ1v) is 19.2. The number of thioether (sulfide) groups is 2. The Morgan fingerprint density at radius 1 is 0.900 bits per heavy atom. The topological polar surface area (TPSA) is 186 Å². The molecule has 1 unspecified atom stereocenters. The van der Waals surface area contributed by atoms with E-state index in [0.29, 0.717) is 11.5 Å². The number of halogens is 1. The SMILES string of the molecule is COC1O[C@H]2[C@@](C)(O1)[C@H](n1ccc(=O)oc1=O)O[C@]2(F)COP(=O)(OCCOCCSC(=O)C(C)(C)C)OCCOCCSC(=O)C(C)(C)C. The fourth-order valence-corrected chi connectivity index (χ4v) is 7.23. The number of hydrogen-bond donors (Lipinski definition) is 0. The van der Waals surface area contributed by atoms with Gasteiger partial charge in [-0.1, -0.05) is 65.1 Å². The van der Waals surface area contributed by atoms with E-state index in [-0.39, 0.29) is 49.9 Å². The minimum absolute atomic E-state index is 0.00744. The van der Waals surface area contributed by atoms with E-state index in [1.54, 1.807) is 0 Å². The van der Waals surface area contributed by atoms with Gasteiger partial charge in [0, 0.05) is 41.7 Å². The van der Waals surface area contributed by atoms with E-state index in [4.69, 9.17) is 42.0 Å². The van der Waals surface area contributed by atoms with Gasteiger partial charge in [-0.15, -0.1) is 0 Å². The van der Waals surface area contributed by atoms with Gasteiger partial charge in [-0.25, -0.2) is 18.5 Å². The minimum atomic E-state index is -4.54. The Labute approximate surface area is 298 Å². The number of rotatable bonds is 19. The number of aromatic nitrogens is 1. The highest BCUT2D eigenvalue weighted by Crippen LogP contribution is 2.56. The van der Waals surface area contributed by atoms with Crippen LogP contribution < -0.4 is 11.4 Å². The molecule has 16 nitrogen and oxygen atoms in total. The number of carbonyl (C=O) groups is 2. The van der Waals surface area contributed by atoms with Crippen molar-refractivity contribution in [3.63, 3.8) is 0 Å². The summed E-state index contributed by atoms with van der Waals surface area (Å²) in [4.78, 5) is 48.2. The van der Waals surface area contributed by atoms with Crippen molar-refractivity contribution in [1.29, 1.82) is 0 Å². The maximum Gasteiger partial charge on any atom is 0.475 e. The lowest BCUT2D eigenvalue weighted by molar-refractivity contribution is -0.300. The maximum atomic E-state index is 16.7. The second-order valence-electron chi connectivity index (χ2n) is 13.4. The summed E-state index contributed by atoms with van der Waals surface area (Å²) in [5.74, 6) is -3.30. The lowest BCUT2D eigenvalue weighted by Crippen LogP contribution is -2.47. The highest BCUT2D eigenvalue weighted by molar-refractivity contribution is 8.14. The van der Waals surface area contributed by atoms with Gasteiger partial charge >= 0.3 is 19.2 Å². The highest BCUT2D eigenvalue weighted by atomic mass is 32.2. The zero-order valence-electron chi connectivity index (χ0n) is 29.5. The van der Waals surface area contributed by atoms with Crippen LogP contribution in [0.15, 0.2) is 26.3 Å².